The second-order valence-corrected chi connectivity index (χ2v) is 6.57. The summed E-state index contributed by atoms with van der Waals surface area (Å²) in [4.78, 5) is 14.6. The van der Waals surface area contributed by atoms with Gasteiger partial charge in [0.25, 0.3) is 5.91 Å². The highest BCUT2D eigenvalue weighted by Gasteiger charge is 2.43. The number of alkyl halides is 3. The van der Waals surface area contributed by atoms with Crippen molar-refractivity contribution in [3.63, 3.8) is 0 Å². The van der Waals surface area contributed by atoms with E-state index in [2.05, 4.69) is 6.58 Å². The highest BCUT2D eigenvalue weighted by molar-refractivity contribution is 6.09. The van der Waals surface area contributed by atoms with Crippen molar-refractivity contribution >= 4 is 11.6 Å². The molecule has 0 aliphatic carbocycles. The van der Waals surface area contributed by atoms with Gasteiger partial charge >= 0.3 is 6.18 Å². The number of fused-ring (bicyclic) bond motifs is 1. The number of halogens is 3. The van der Waals surface area contributed by atoms with Crippen molar-refractivity contribution in [3.8, 4) is 0 Å². The average molecular weight is 345 g/mol. The minimum atomic E-state index is -4.41. The molecule has 0 aromatic heterocycles. The van der Waals surface area contributed by atoms with E-state index in [-0.39, 0.29) is 5.91 Å². The van der Waals surface area contributed by atoms with Gasteiger partial charge in [0, 0.05) is 17.7 Å². The summed E-state index contributed by atoms with van der Waals surface area (Å²) < 4.78 is 38.5. The van der Waals surface area contributed by atoms with Crippen LogP contribution in [0.2, 0.25) is 0 Å². The molecule has 1 atom stereocenters. The van der Waals surface area contributed by atoms with Crippen LogP contribution in [0.1, 0.15) is 35.3 Å². The number of anilines is 1. The minimum Gasteiger partial charge on any atom is -0.298 e. The van der Waals surface area contributed by atoms with E-state index in [1.54, 1.807) is 17.0 Å². The maximum absolute atomic E-state index is 13.1. The number of amides is 1. The van der Waals surface area contributed by atoms with Gasteiger partial charge in [-0.15, -0.1) is 0 Å². The third-order valence-electron chi connectivity index (χ3n) is 4.85. The summed E-state index contributed by atoms with van der Waals surface area (Å²) in [6.07, 6.45) is -3.85. The molecular weight excluding hydrogens is 327 g/mol. The Morgan fingerprint density at radius 2 is 1.72 bits per heavy atom. The van der Waals surface area contributed by atoms with Crippen LogP contribution in [0.4, 0.5) is 18.9 Å². The predicted molar refractivity (Wildman–Crippen MR) is 91.6 cm³/mol. The third kappa shape index (κ3) is 2.84. The van der Waals surface area contributed by atoms with Crippen LogP contribution in [0.25, 0.3) is 0 Å². The molecule has 0 bridgehead atoms. The second-order valence-electron chi connectivity index (χ2n) is 6.57. The molecule has 1 aliphatic heterocycles. The minimum absolute atomic E-state index is 0.230. The molecule has 1 unspecified atom stereocenters. The molecule has 25 heavy (non-hydrogen) atoms. The lowest BCUT2D eigenvalue weighted by molar-refractivity contribution is -0.137. The van der Waals surface area contributed by atoms with E-state index < -0.39 is 17.3 Å². The van der Waals surface area contributed by atoms with Crippen molar-refractivity contribution < 1.29 is 18.0 Å². The first-order chi connectivity index (χ1) is 11.6. The van der Waals surface area contributed by atoms with Crippen LogP contribution in [0, 0.1) is 0 Å². The van der Waals surface area contributed by atoms with E-state index in [1.807, 2.05) is 26.0 Å². The van der Waals surface area contributed by atoms with Crippen molar-refractivity contribution in [2.45, 2.75) is 32.0 Å². The lowest BCUT2D eigenvalue weighted by atomic mass is 9.79. The average Bonchev–Trinajstić information content (AvgIpc) is 2.54. The van der Waals surface area contributed by atoms with Crippen LogP contribution in [0.5, 0.6) is 0 Å². The molecule has 3 rings (SSSR count). The molecule has 1 aliphatic rings. The van der Waals surface area contributed by atoms with E-state index in [4.69, 9.17) is 0 Å². The summed E-state index contributed by atoms with van der Waals surface area (Å²) >= 11 is 0. The van der Waals surface area contributed by atoms with Gasteiger partial charge in [0.15, 0.2) is 0 Å². The monoisotopic (exact) mass is 345 g/mol. The first-order valence-corrected chi connectivity index (χ1v) is 7.90. The maximum Gasteiger partial charge on any atom is 0.416 e. The predicted octanol–water partition coefficient (Wildman–Crippen LogP) is 5.24. The fourth-order valence-corrected chi connectivity index (χ4v) is 3.22. The quantitative estimate of drug-likeness (QED) is 0.681. The summed E-state index contributed by atoms with van der Waals surface area (Å²) in [7, 11) is 0. The van der Waals surface area contributed by atoms with Crippen molar-refractivity contribution in [2.75, 3.05) is 4.90 Å². The van der Waals surface area contributed by atoms with Crippen LogP contribution in [-0.2, 0) is 12.6 Å². The van der Waals surface area contributed by atoms with Crippen LogP contribution in [0.3, 0.4) is 0 Å². The highest BCUT2D eigenvalue weighted by atomic mass is 19.4. The van der Waals surface area contributed by atoms with Crippen molar-refractivity contribution in [2.24, 2.45) is 0 Å². The van der Waals surface area contributed by atoms with Gasteiger partial charge < -0.3 is 0 Å². The molecule has 2 aromatic carbocycles. The van der Waals surface area contributed by atoms with E-state index in [1.165, 1.54) is 12.1 Å². The molecule has 0 spiro atoms. The molecule has 1 amide bonds. The zero-order valence-electron chi connectivity index (χ0n) is 14.0. The molecule has 0 saturated heterocycles. The third-order valence-corrected chi connectivity index (χ3v) is 4.85. The normalized spacial score (nSPS) is 20.4. The summed E-state index contributed by atoms with van der Waals surface area (Å²) in [6.45, 7) is 7.74. The second kappa shape index (κ2) is 5.76. The Morgan fingerprint density at radius 3 is 2.28 bits per heavy atom. The molecular formula is C20H18F3NO. The van der Waals surface area contributed by atoms with Crippen LogP contribution < -0.4 is 4.90 Å². The van der Waals surface area contributed by atoms with Gasteiger partial charge in [-0.1, -0.05) is 30.4 Å². The Morgan fingerprint density at radius 1 is 1.12 bits per heavy atom. The number of hydrogen-bond acceptors (Lipinski definition) is 1. The summed E-state index contributed by atoms with van der Waals surface area (Å²) in [5, 5.41) is 0. The van der Waals surface area contributed by atoms with E-state index >= 15 is 0 Å². The first-order valence-electron chi connectivity index (χ1n) is 7.90. The van der Waals surface area contributed by atoms with Gasteiger partial charge in [-0.25, -0.2) is 0 Å². The number of hydrogen-bond donors (Lipinski definition) is 0. The number of nitrogens with zero attached hydrogens (tertiary/aromatic N) is 1. The summed E-state index contributed by atoms with van der Waals surface area (Å²) in [5.74, 6) is -0.230. The fourth-order valence-electron chi connectivity index (χ4n) is 3.22. The van der Waals surface area contributed by atoms with Gasteiger partial charge in [-0.05, 0) is 49.7 Å². The first kappa shape index (κ1) is 17.3. The van der Waals surface area contributed by atoms with Crippen molar-refractivity contribution in [1.29, 1.82) is 0 Å². The maximum atomic E-state index is 13.1. The highest BCUT2D eigenvalue weighted by Crippen LogP contribution is 2.39. The smallest absolute Gasteiger partial charge is 0.298 e. The number of benzene rings is 2. The Balaban J connectivity index is 2.12. The van der Waals surface area contributed by atoms with E-state index in [0.29, 0.717) is 17.7 Å². The topological polar surface area (TPSA) is 20.3 Å². The Bertz CT molecular complexity index is 839. The molecule has 2 aromatic rings. The van der Waals surface area contributed by atoms with Crippen LogP contribution in [0.15, 0.2) is 60.7 Å². The fraction of sp³-hybridized carbons (Fsp3) is 0.250. The summed E-state index contributed by atoms with van der Waals surface area (Å²) in [5.41, 5.74) is 1.25. The molecule has 0 radical (unpaired) electrons. The molecule has 0 saturated carbocycles. The van der Waals surface area contributed by atoms with Gasteiger partial charge in [0.2, 0.25) is 0 Å². The molecule has 130 valence electrons. The van der Waals surface area contributed by atoms with Gasteiger partial charge in [-0.3, -0.25) is 9.69 Å². The SMILES string of the molecule is C=C(C)C1(C)Cc2ccccc2C(=O)N1c1ccc(C(F)(F)F)cc1. The van der Waals surface area contributed by atoms with E-state index in [9.17, 15) is 18.0 Å². The molecule has 1 heterocycles. The Kier molecular flexibility index (Phi) is 3.98. The van der Waals surface area contributed by atoms with Crippen LogP contribution >= 0.6 is 0 Å². The summed E-state index contributed by atoms with van der Waals surface area (Å²) in [6, 6.07) is 12.0. The molecule has 5 heteroatoms. The zero-order chi connectivity index (χ0) is 18.4. The number of carbonyl (C=O) groups is 1. The number of rotatable bonds is 2. The van der Waals surface area contributed by atoms with E-state index in [0.717, 1.165) is 23.3 Å². The lowest BCUT2D eigenvalue weighted by Crippen LogP contribution is -2.55. The van der Waals surface area contributed by atoms with Crippen LogP contribution in [-0.4, -0.2) is 11.4 Å². The largest absolute Gasteiger partial charge is 0.416 e. The molecule has 0 fully saturated rings. The van der Waals surface area contributed by atoms with Gasteiger partial charge in [0.05, 0.1) is 11.1 Å². The Labute approximate surface area is 144 Å². The van der Waals surface area contributed by atoms with Crippen molar-refractivity contribution in [3.05, 3.63) is 77.4 Å². The lowest BCUT2D eigenvalue weighted by Gasteiger charge is -2.46. The number of carbonyl (C=O) groups excluding carboxylic acids is 1. The van der Waals surface area contributed by atoms with Crippen molar-refractivity contribution in [1.82, 2.24) is 0 Å². The Hall–Kier alpha value is -2.56. The van der Waals surface area contributed by atoms with Gasteiger partial charge in [-0.2, -0.15) is 13.2 Å². The zero-order valence-corrected chi connectivity index (χ0v) is 14.0. The standard InChI is InChI=1S/C20H18F3NO/c1-13(2)19(3)12-14-6-4-5-7-17(14)18(25)24(19)16-10-8-15(9-11-16)20(21,22)23/h4-11H,1,12H2,2-3H3. The molecule has 2 nitrogen and oxygen atoms in total. The van der Waals surface area contributed by atoms with Gasteiger partial charge in [0.1, 0.15) is 0 Å². The molecule has 0 N–H and O–H groups in total.